The van der Waals surface area contributed by atoms with Crippen LogP contribution in [-0.2, 0) is 4.79 Å². The lowest BCUT2D eigenvalue weighted by Gasteiger charge is -2.14. The topological polar surface area (TPSA) is 73.6 Å². The molecule has 0 spiro atoms. The highest BCUT2D eigenvalue weighted by Gasteiger charge is 2.14. The summed E-state index contributed by atoms with van der Waals surface area (Å²) < 4.78 is 33.9. The minimum Gasteiger partial charge on any atom is -0.497 e. The van der Waals surface area contributed by atoms with Gasteiger partial charge in [0.2, 0.25) is 5.91 Å². The van der Waals surface area contributed by atoms with Crippen LogP contribution in [0, 0.1) is 0 Å². The third-order valence-corrected chi connectivity index (χ3v) is 2.65. The molecule has 0 aromatic heterocycles. The van der Waals surface area contributed by atoms with Crippen LogP contribution >= 0.6 is 0 Å². The molecule has 1 atom stereocenters. The van der Waals surface area contributed by atoms with Crippen LogP contribution < -0.4 is 20.5 Å². The molecule has 1 amide bonds. The van der Waals surface area contributed by atoms with Crippen molar-refractivity contribution in [1.82, 2.24) is 0 Å². The molecule has 0 heterocycles. The van der Waals surface area contributed by atoms with E-state index in [4.69, 9.17) is 10.5 Å². The second kappa shape index (κ2) is 7.64. The van der Waals surface area contributed by atoms with Crippen LogP contribution in [-0.4, -0.2) is 25.7 Å². The van der Waals surface area contributed by atoms with Crippen LogP contribution in [0.1, 0.15) is 19.8 Å². The van der Waals surface area contributed by atoms with Gasteiger partial charge in [0, 0.05) is 18.5 Å². The van der Waals surface area contributed by atoms with E-state index in [0.29, 0.717) is 12.2 Å². The smallest absolute Gasteiger partial charge is 0.387 e. The number of carbonyl (C=O) groups excluding carboxylic acids is 1. The molecular weight excluding hydrogens is 270 g/mol. The van der Waals surface area contributed by atoms with E-state index in [9.17, 15) is 13.6 Å². The van der Waals surface area contributed by atoms with Crippen molar-refractivity contribution in [1.29, 1.82) is 0 Å². The molecule has 0 aliphatic carbocycles. The summed E-state index contributed by atoms with van der Waals surface area (Å²) in [6, 6.07) is 3.90. The van der Waals surface area contributed by atoms with Crippen molar-refractivity contribution in [2.75, 3.05) is 12.4 Å². The lowest BCUT2D eigenvalue weighted by atomic mass is 10.1. The standard InChI is InChI=1S/C13H18F2N2O3/c1-3-8(16)6-12(18)17-10-7-9(19-2)4-5-11(10)20-13(14)15/h4-5,7-8,13H,3,6,16H2,1-2H3,(H,17,18). The highest BCUT2D eigenvalue weighted by molar-refractivity contribution is 5.92. The normalized spacial score (nSPS) is 12.1. The summed E-state index contributed by atoms with van der Waals surface area (Å²) in [4.78, 5) is 11.7. The van der Waals surface area contributed by atoms with Gasteiger partial charge < -0.3 is 20.5 Å². The first-order valence-electron chi connectivity index (χ1n) is 6.14. The fourth-order valence-corrected chi connectivity index (χ4v) is 1.52. The average molecular weight is 288 g/mol. The van der Waals surface area contributed by atoms with Crippen molar-refractivity contribution in [2.24, 2.45) is 5.73 Å². The van der Waals surface area contributed by atoms with Gasteiger partial charge in [-0.25, -0.2) is 0 Å². The highest BCUT2D eigenvalue weighted by Crippen LogP contribution is 2.30. The van der Waals surface area contributed by atoms with E-state index in [1.807, 2.05) is 6.92 Å². The number of anilines is 1. The maximum atomic E-state index is 12.3. The molecule has 0 saturated carbocycles. The van der Waals surface area contributed by atoms with Gasteiger partial charge in [0.05, 0.1) is 12.8 Å². The Morgan fingerprint density at radius 2 is 2.15 bits per heavy atom. The predicted molar refractivity (Wildman–Crippen MR) is 71.1 cm³/mol. The van der Waals surface area contributed by atoms with Gasteiger partial charge in [-0.15, -0.1) is 0 Å². The zero-order chi connectivity index (χ0) is 15.1. The van der Waals surface area contributed by atoms with Crippen molar-refractivity contribution in [3.05, 3.63) is 18.2 Å². The number of benzene rings is 1. The monoisotopic (exact) mass is 288 g/mol. The van der Waals surface area contributed by atoms with E-state index in [1.54, 1.807) is 0 Å². The lowest BCUT2D eigenvalue weighted by Crippen LogP contribution is -2.26. The number of carbonyl (C=O) groups is 1. The van der Waals surface area contributed by atoms with Crippen LogP contribution in [0.2, 0.25) is 0 Å². The molecule has 0 saturated heterocycles. The highest BCUT2D eigenvalue weighted by atomic mass is 19.3. The van der Waals surface area contributed by atoms with Gasteiger partial charge in [0.25, 0.3) is 0 Å². The average Bonchev–Trinajstić information content (AvgIpc) is 2.39. The zero-order valence-electron chi connectivity index (χ0n) is 11.4. The first-order chi connectivity index (χ1) is 9.46. The molecule has 7 heteroatoms. The molecule has 0 fully saturated rings. The summed E-state index contributed by atoms with van der Waals surface area (Å²) >= 11 is 0. The number of methoxy groups -OCH3 is 1. The van der Waals surface area contributed by atoms with Crippen molar-refractivity contribution < 1.29 is 23.0 Å². The van der Waals surface area contributed by atoms with Gasteiger partial charge in [-0.2, -0.15) is 8.78 Å². The summed E-state index contributed by atoms with van der Waals surface area (Å²) in [7, 11) is 1.43. The zero-order valence-corrected chi connectivity index (χ0v) is 11.4. The lowest BCUT2D eigenvalue weighted by molar-refractivity contribution is -0.116. The minimum atomic E-state index is -2.98. The molecule has 0 aliphatic rings. The van der Waals surface area contributed by atoms with Gasteiger partial charge in [-0.3, -0.25) is 4.79 Å². The number of nitrogens with one attached hydrogen (secondary N) is 1. The van der Waals surface area contributed by atoms with E-state index in [1.165, 1.54) is 25.3 Å². The fraction of sp³-hybridized carbons (Fsp3) is 0.462. The largest absolute Gasteiger partial charge is 0.497 e. The molecule has 1 aromatic rings. The summed E-state index contributed by atoms with van der Waals surface area (Å²) in [5.41, 5.74) is 5.79. The van der Waals surface area contributed by atoms with E-state index in [2.05, 4.69) is 10.1 Å². The Bertz CT molecular complexity index is 455. The van der Waals surface area contributed by atoms with Gasteiger partial charge in [-0.05, 0) is 18.6 Å². The number of halogens is 2. The maximum absolute atomic E-state index is 12.3. The predicted octanol–water partition coefficient (Wildman–Crippen LogP) is 2.36. The Balaban J connectivity index is 2.86. The fourth-order valence-electron chi connectivity index (χ4n) is 1.52. The first kappa shape index (κ1) is 16.2. The third kappa shape index (κ3) is 5.00. The van der Waals surface area contributed by atoms with Crippen LogP contribution in [0.5, 0.6) is 11.5 Å². The number of hydrogen-bond donors (Lipinski definition) is 2. The molecular formula is C13H18F2N2O3. The second-order valence-electron chi connectivity index (χ2n) is 4.16. The van der Waals surface area contributed by atoms with Crippen LogP contribution in [0.25, 0.3) is 0 Å². The van der Waals surface area contributed by atoms with Crippen LogP contribution in [0.15, 0.2) is 18.2 Å². The molecule has 0 bridgehead atoms. The van der Waals surface area contributed by atoms with Crippen LogP contribution in [0.4, 0.5) is 14.5 Å². The van der Waals surface area contributed by atoms with Crippen molar-refractivity contribution >= 4 is 11.6 Å². The Labute approximate surface area is 116 Å². The number of rotatable bonds is 7. The van der Waals surface area contributed by atoms with Gasteiger partial charge in [0.15, 0.2) is 0 Å². The van der Waals surface area contributed by atoms with E-state index in [-0.39, 0.29) is 29.8 Å². The summed E-state index contributed by atoms with van der Waals surface area (Å²) in [6.07, 6.45) is 0.744. The summed E-state index contributed by atoms with van der Waals surface area (Å²) in [5.74, 6) is -0.0763. The second-order valence-corrected chi connectivity index (χ2v) is 4.16. The molecule has 0 aliphatic heterocycles. The number of hydrogen-bond acceptors (Lipinski definition) is 4. The number of amides is 1. The molecule has 1 rings (SSSR count). The Morgan fingerprint density at radius 1 is 1.45 bits per heavy atom. The Kier molecular flexibility index (Phi) is 6.17. The quantitative estimate of drug-likeness (QED) is 0.807. The minimum absolute atomic E-state index is 0.0990. The Morgan fingerprint density at radius 3 is 2.70 bits per heavy atom. The third-order valence-electron chi connectivity index (χ3n) is 2.65. The molecule has 1 aromatic carbocycles. The van der Waals surface area contributed by atoms with E-state index >= 15 is 0 Å². The van der Waals surface area contributed by atoms with E-state index in [0.717, 1.165) is 0 Å². The molecule has 0 radical (unpaired) electrons. The number of nitrogens with two attached hydrogens (primary N) is 1. The Hall–Kier alpha value is -1.89. The first-order valence-corrected chi connectivity index (χ1v) is 6.14. The van der Waals surface area contributed by atoms with Crippen molar-refractivity contribution in [3.8, 4) is 11.5 Å². The molecule has 112 valence electrons. The SMILES string of the molecule is CCC(N)CC(=O)Nc1cc(OC)ccc1OC(F)F. The molecule has 5 nitrogen and oxygen atoms in total. The van der Waals surface area contributed by atoms with Crippen molar-refractivity contribution in [2.45, 2.75) is 32.4 Å². The molecule has 1 unspecified atom stereocenters. The summed E-state index contributed by atoms with van der Waals surface area (Å²) in [6.45, 7) is -1.12. The van der Waals surface area contributed by atoms with Gasteiger partial charge in [0.1, 0.15) is 11.5 Å². The summed E-state index contributed by atoms with van der Waals surface area (Å²) in [5, 5.41) is 2.50. The van der Waals surface area contributed by atoms with Gasteiger partial charge >= 0.3 is 6.61 Å². The molecule has 3 N–H and O–H groups in total. The van der Waals surface area contributed by atoms with Crippen LogP contribution in [0.3, 0.4) is 0 Å². The van der Waals surface area contributed by atoms with Crippen molar-refractivity contribution in [3.63, 3.8) is 0 Å². The number of ether oxygens (including phenoxy) is 2. The van der Waals surface area contributed by atoms with E-state index < -0.39 is 6.61 Å². The van der Waals surface area contributed by atoms with Gasteiger partial charge in [-0.1, -0.05) is 6.92 Å². The number of alkyl halides is 2. The maximum Gasteiger partial charge on any atom is 0.387 e. The molecule has 20 heavy (non-hydrogen) atoms.